The Morgan fingerprint density at radius 3 is 2.12 bits per heavy atom. The molecule has 2 rings (SSSR count). The van der Waals surface area contributed by atoms with Crippen molar-refractivity contribution in [1.29, 1.82) is 0 Å². The van der Waals surface area contributed by atoms with E-state index in [1.54, 1.807) is 6.07 Å². The molecule has 0 fully saturated rings. The number of amides is 1. The summed E-state index contributed by atoms with van der Waals surface area (Å²) >= 11 is 0. The van der Waals surface area contributed by atoms with Crippen molar-refractivity contribution in [2.24, 2.45) is 0 Å². The number of ether oxygens (including phenoxy) is 3. The largest absolute Gasteiger partial charge is 0.494 e. The monoisotopic (exact) mass is 343 g/mol. The lowest BCUT2D eigenvalue weighted by Gasteiger charge is -2.16. The zero-order valence-corrected chi connectivity index (χ0v) is 15.0. The number of carbonyl (C=O) groups is 1. The number of nitrogens with one attached hydrogen (secondary N) is 1. The van der Waals surface area contributed by atoms with Crippen LogP contribution in [0.3, 0.4) is 0 Å². The molecule has 5 heteroatoms. The molecule has 25 heavy (non-hydrogen) atoms. The van der Waals surface area contributed by atoms with Gasteiger partial charge in [-0.25, -0.2) is 0 Å². The second-order valence-corrected chi connectivity index (χ2v) is 5.46. The number of para-hydroxylation sites is 2. The number of benzene rings is 2. The molecule has 0 bridgehead atoms. The highest BCUT2D eigenvalue weighted by atomic mass is 16.5. The Morgan fingerprint density at radius 1 is 0.920 bits per heavy atom. The molecule has 0 saturated heterocycles. The van der Waals surface area contributed by atoms with E-state index in [9.17, 15) is 4.79 Å². The van der Waals surface area contributed by atoms with Crippen molar-refractivity contribution in [1.82, 2.24) is 5.32 Å². The van der Waals surface area contributed by atoms with E-state index in [1.807, 2.05) is 63.2 Å². The number of carbonyl (C=O) groups excluding carboxylic acids is 1. The molecule has 1 unspecified atom stereocenters. The fourth-order valence-corrected chi connectivity index (χ4v) is 2.37. The normalized spacial score (nSPS) is 11.5. The SMILES string of the molecule is CCOc1ccc(C(C)NC(=O)COc2ccccc2OCC)cc1. The van der Waals surface area contributed by atoms with E-state index in [2.05, 4.69) is 5.32 Å². The van der Waals surface area contributed by atoms with Gasteiger partial charge >= 0.3 is 0 Å². The second kappa shape index (κ2) is 9.57. The van der Waals surface area contributed by atoms with Gasteiger partial charge in [-0.2, -0.15) is 0 Å². The van der Waals surface area contributed by atoms with Crippen molar-refractivity contribution in [3.8, 4) is 17.2 Å². The highest BCUT2D eigenvalue weighted by molar-refractivity contribution is 5.78. The van der Waals surface area contributed by atoms with E-state index in [0.717, 1.165) is 11.3 Å². The molecule has 0 saturated carbocycles. The maximum Gasteiger partial charge on any atom is 0.258 e. The van der Waals surface area contributed by atoms with Gasteiger partial charge in [0.2, 0.25) is 0 Å². The van der Waals surface area contributed by atoms with Gasteiger partial charge in [0.15, 0.2) is 18.1 Å². The minimum atomic E-state index is -0.187. The van der Waals surface area contributed by atoms with Crippen LogP contribution < -0.4 is 19.5 Å². The first-order valence-corrected chi connectivity index (χ1v) is 8.50. The molecule has 0 aliphatic heterocycles. The summed E-state index contributed by atoms with van der Waals surface area (Å²) in [6, 6.07) is 14.9. The maximum atomic E-state index is 12.1. The molecular formula is C20H25NO4. The summed E-state index contributed by atoms with van der Waals surface area (Å²) in [7, 11) is 0. The maximum absolute atomic E-state index is 12.1. The summed E-state index contributed by atoms with van der Waals surface area (Å²) in [5.41, 5.74) is 1.01. The van der Waals surface area contributed by atoms with E-state index >= 15 is 0 Å². The molecule has 2 aromatic rings. The second-order valence-electron chi connectivity index (χ2n) is 5.46. The van der Waals surface area contributed by atoms with Crippen LogP contribution in [0.25, 0.3) is 0 Å². The summed E-state index contributed by atoms with van der Waals surface area (Å²) < 4.78 is 16.5. The Labute approximate surface area is 148 Å². The molecule has 0 aliphatic rings. The predicted octanol–water partition coefficient (Wildman–Crippen LogP) is 3.74. The summed E-state index contributed by atoms with van der Waals surface area (Å²) in [6.07, 6.45) is 0. The molecule has 0 radical (unpaired) electrons. The van der Waals surface area contributed by atoms with Crippen LogP contribution in [0.2, 0.25) is 0 Å². The van der Waals surface area contributed by atoms with Gasteiger partial charge in [0.25, 0.3) is 5.91 Å². The van der Waals surface area contributed by atoms with Gasteiger partial charge in [-0.15, -0.1) is 0 Å². The van der Waals surface area contributed by atoms with Crippen molar-refractivity contribution in [2.45, 2.75) is 26.8 Å². The summed E-state index contributed by atoms with van der Waals surface area (Å²) in [5, 5.41) is 2.92. The Morgan fingerprint density at radius 2 is 1.52 bits per heavy atom. The first-order valence-electron chi connectivity index (χ1n) is 8.50. The predicted molar refractivity (Wildman–Crippen MR) is 97.3 cm³/mol. The van der Waals surface area contributed by atoms with Crippen molar-refractivity contribution < 1.29 is 19.0 Å². The molecular weight excluding hydrogens is 318 g/mol. The molecule has 1 atom stereocenters. The van der Waals surface area contributed by atoms with Gasteiger partial charge in [-0.3, -0.25) is 4.79 Å². The Hall–Kier alpha value is -2.69. The van der Waals surface area contributed by atoms with Crippen LogP contribution in [0.1, 0.15) is 32.4 Å². The molecule has 0 aliphatic carbocycles. The molecule has 134 valence electrons. The lowest BCUT2D eigenvalue weighted by atomic mass is 10.1. The standard InChI is InChI=1S/C20H25NO4/c1-4-23-17-12-10-16(11-13-17)15(3)21-20(22)14-25-19-9-7-6-8-18(19)24-5-2/h6-13,15H,4-5,14H2,1-3H3,(H,21,22). The fourth-order valence-electron chi connectivity index (χ4n) is 2.37. The average molecular weight is 343 g/mol. The Bertz CT molecular complexity index is 670. The van der Waals surface area contributed by atoms with Crippen LogP contribution in [0.5, 0.6) is 17.2 Å². The molecule has 1 amide bonds. The van der Waals surface area contributed by atoms with Crippen molar-refractivity contribution in [2.75, 3.05) is 19.8 Å². The molecule has 1 N–H and O–H groups in total. The van der Waals surface area contributed by atoms with Crippen molar-refractivity contribution in [3.05, 3.63) is 54.1 Å². The van der Waals surface area contributed by atoms with Crippen molar-refractivity contribution in [3.63, 3.8) is 0 Å². The highest BCUT2D eigenvalue weighted by Gasteiger charge is 2.12. The molecule has 5 nitrogen and oxygen atoms in total. The smallest absolute Gasteiger partial charge is 0.258 e. The minimum absolute atomic E-state index is 0.0640. The summed E-state index contributed by atoms with van der Waals surface area (Å²) in [5.74, 6) is 1.83. The molecule has 2 aromatic carbocycles. The lowest BCUT2D eigenvalue weighted by Crippen LogP contribution is -2.31. The first kappa shape index (κ1) is 18.6. The quantitative estimate of drug-likeness (QED) is 0.753. The molecule has 0 heterocycles. The topological polar surface area (TPSA) is 56.8 Å². The van der Waals surface area contributed by atoms with Gasteiger partial charge in [0.05, 0.1) is 19.3 Å². The van der Waals surface area contributed by atoms with E-state index < -0.39 is 0 Å². The minimum Gasteiger partial charge on any atom is -0.494 e. The lowest BCUT2D eigenvalue weighted by molar-refractivity contribution is -0.123. The third kappa shape index (κ3) is 5.71. The van der Waals surface area contributed by atoms with E-state index in [1.165, 1.54) is 0 Å². The van der Waals surface area contributed by atoms with E-state index in [-0.39, 0.29) is 18.6 Å². The van der Waals surface area contributed by atoms with E-state index in [0.29, 0.717) is 24.7 Å². The Balaban J connectivity index is 1.87. The first-order chi connectivity index (χ1) is 12.1. The third-order valence-electron chi connectivity index (χ3n) is 3.58. The van der Waals surface area contributed by atoms with Crippen LogP contribution in [0, 0.1) is 0 Å². The van der Waals surface area contributed by atoms with Crippen LogP contribution in [0.15, 0.2) is 48.5 Å². The average Bonchev–Trinajstić information content (AvgIpc) is 2.62. The van der Waals surface area contributed by atoms with Gasteiger partial charge in [0.1, 0.15) is 5.75 Å². The zero-order valence-electron chi connectivity index (χ0n) is 15.0. The van der Waals surface area contributed by atoms with Crippen LogP contribution in [0.4, 0.5) is 0 Å². The van der Waals surface area contributed by atoms with E-state index in [4.69, 9.17) is 14.2 Å². The van der Waals surface area contributed by atoms with Gasteiger partial charge < -0.3 is 19.5 Å². The van der Waals surface area contributed by atoms with Gasteiger partial charge in [-0.05, 0) is 50.6 Å². The number of rotatable bonds is 9. The van der Waals surface area contributed by atoms with Crippen LogP contribution in [-0.4, -0.2) is 25.7 Å². The van der Waals surface area contributed by atoms with Gasteiger partial charge in [-0.1, -0.05) is 24.3 Å². The zero-order chi connectivity index (χ0) is 18.1. The summed E-state index contributed by atoms with van der Waals surface area (Å²) in [4.78, 5) is 12.1. The molecule has 0 spiro atoms. The fraction of sp³-hybridized carbons (Fsp3) is 0.350. The van der Waals surface area contributed by atoms with Gasteiger partial charge in [0, 0.05) is 0 Å². The van der Waals surface area contributed by atoms with Crippen LogP contribution in [-0.2, 0) is 4.79 Å². The Kier molecular flexibility index (Phi) is 7.14. The number of hydrogen-bond donors (Lipinski definition) is 1. The van der Waals surface area contributed by atoms with Crippen molar-refractivity contribution >= 4 is 5.91 Å². The van der Waals surface area contributed by atoms with Crippen LogP contribution >= 0.6 is 0 Å². The third-order valence-corrected chi connectivity index (χ3v) is 3.58. The molecule has 0 aromatic heterocycles. The highest BCUT2D eigenvalue weighted by Crippen LogP contribution is 2.26. The number of hydrogen-bond acceptors (Lipinski definition) is 4. The summed E-state index contributed by atoms with van der Waals surface area (Å²) in [6.45, 7) is 6.89.